The number of aromatic nitrogens is 2. The van der Waals surface area contributed by atoms with E-state index in [0.717, 1.165) is 37.2 Å². The number of methoxy groups -OCH3 is 1. The molecule has 0 radical (unpaired) electrons. The van der Waals surface area contributed by atoms with Crippen LogP contribution in [0.4, 0.5) is 9.93 Å². The van der Waals surface area contributed by atoms with Crippen LogP contribution in [-0.2, 0) is 24.4 Å². The third kappa shape index (κ3) is 10.4. The number of amides is 4. The summed E-state index contributed by atoms with van der Waals surface area (Å²) < 4.78 is 39.6. The Bertz CT molecular complexity index is 2350. The molecule has 1 saturated heterocycles. The average Bonchev–Trinajstić information content (AvgIpc) is 3.48. The number of carboxylic acid groups (broad SMARTS) is 1. The van der Waals surface area contributed by atoms with Gasteiger partial charge in [-0.15, -0.1) is 11.3 Å². The van der Waals surface area contributed by atoms with Crippen LogP contribution in [0.5, 0.6) is 11.5 Å². The highest BCUT2D eigenvalue weighted by atomic mass is 32.2. The number of nitrogens with one attached hydrogen (secondary N) is 4. The molecule has 1 unspecified atom stereocenters. The summed E-state index contributed by atoms with van der Waals surface area (Å²) in [4.78, 5) is 67.0. The summed E-state index contributed by atoms with van der Waals surface area (Å²) in [7, 11) is -0.501. The topological polar surface area (TPSA) is 221 Å². The SMILES string of the molecule is COc1ccc2c(O[C@@H]3C[C@H]4C(=O)N[C@]5(C(=O)O)CC5/C=C\CCCCC[C@@H](NC(=O)N[C@H](CN(C)S(=O)(=O)C(C)C)C5CCC5)C(=O)N4C3)cc(-c3csc(NC(C)C)n3)nc2c1. The molecule has 3 aromatic rings. The number of nitrogens with zero attached hydrogens (tertiary/aromatic N) is 4. The van der Waals surface area contributed by atoms with Gasteiger partial charge >= 0.3 is 12.0 Å². The number of sulfonamides is 1. The molecule has 2 aliphatic carbocycles. The number of thiazole rings is 1. The first-order valence-corrected chi connectivity index (χ1v) is 24.8. The van der Waals surface area contributed by atoms with E-state index < -0.39 is 74.8 Å². The van der Waals surface area contributed by atoms with Gasteiger partial charge in [0.25, 0.3) is 0 Å². The van der Waals surface area contributed by atoms with Gasteiger partial charge in [0, 0.05) is 60.9 Å². The van der Waals surface area contributed by atoms with Gasteiger partial charge in [0.15, 0.2) is 5.13 Å². The smallest absolute Gasteiger partial charge is 0.330 e. The first-order chi connectivity index (χ1) is 30.5. The van der Waals surface area contributed by atoms with E-state index in [1.807, 2.05) is 37.4 Å². The van der Waals surface area contributed by atoms with Gasteiger partial charge < -0.3 is 40.7 Å². The van der Waals surface area contributed by atoms with E-state index in [4.69, 9.17) is 19.4 Å². The van der Waals surface area contributed by atoms with Crippen LogP contribution < -0.4 is 30.7 Å². The van der Waals surface area contributed by atoms with Gasteiger partial charge in [-0.25, -0.2) is 32.3 Å². The molecule has 2 saturated carbocycles. The highest BCUT2D eigenvalue weighted by molar-refractivity contribution is 7.89. The van der Waals surface area contributed by atoms with Crippen molar-refractivity contribution in [2.24, 2.45) is 11.8 Å². The molecule has 2 aromatic heterocycles. The zero-order chi connectivity index (χ0) is 45.9. The van der Waals surface area contributed by atoms with E-state index in [9.17, 15) is 32.7 Å². The molecule has 5 N–H and O–H groups in total. The number of benzene rings is 1. The highest BCUT2D eigenvalue weighted by Crippen LogP contribution is 2.46. The molecule has 4 amide bonds. The Labute approximate surface area is 379 Å². The van der Waals surface area contributed by atoms with Crippen LogP contribution in [0, 0.1) is 11.8 Å². The van der Waals surface area contributed by atoms with Crippen molar-refractivity contribution in [2.75, 3.05) is 32.6 Å². The number of allylic oxidation sites excluding steroid dienone is 1. The first-order valence-electron chi connectivity index (χ1n) is 22.4. The minimum absolute atomic E-state index is 0.0306. The normalized spacial score (nSPS) is 25.4. The zero-order valence-corrected chi connectivity index (χ0v) is 39.1. The lowest BCUT2D eigenvalue weighted by Gasteiger charge is -2.37. The van der Waals surface area contributed by atoms with Gasteiger partial charge in [0.2, 0.25) is 21.8 Å². The standard InChI is InChI=1S/C45H62N8O9S2/c1-26(2)46-44-50-37(25-63-44)35-21-39(32-18-17-30(61-6)19-34(32)47-35)62-31-20-38-40(54)51-45(42(56)57)22-29(45)15-10-8-7-9-11-16-33(41(55)53(38)23-31)48-43(58)49-36(28-13-12-14-28)24-52(5)64(59,60)27(3)4/h10,15,17-19,21,25-29,31,33,36,38H,7-9,11-14,16,20,22-24H2,1-6H3,(H,46,50)(H,51,54)(H,56,57)(H2,48,49,58)/b15-10-/t29?,31-,33-,36-,38+,45-/m1/s1. The van der Waals surface area contributed by atoms with Crippen molar-refractivity contribution in [3.05, 3.63) is 41.8 Å². The van der Waals surface area contributed by atoms with E-state index in [0.29, 0.717) is 46.6 Å². The number of carbonyl (C=O) groups excluding carboxylic acids is 3. The second kappa shape index (κ2) is 19.6. The number of hydrogen-bond acceptors (Lipinski definition) is 12. The Kier molecular flexibility index (Phi) is 14.4. The highest BCUT2D eigenvalue weighted by Gasteiger charge is 2.61. The van der Waals surface area contributed by atoms with Crippen molar-refractivity contribution in [1.82, 2.24) is 35.1 Å². The quantitative estimate of drug-likeness (QED) is 0.126. The molecule has 4 heterocycles. The van der Waals surface area contributed by atoms with Crippen molar-refractivity contribution in [3.8, 4) is 22.9 Å². The maximum absolute atomic E-state index is 14.9. The van der Waals surface area contributed by atoms with Crippen molar-refractivity contribution in [2.45, 2.75) is 133 Å². The number of likely N-dealkylation sites (N-methyl/N-ethyl adjacent to an activating group) is 1. The first kappa shape index (κ1) is 47.0. The van der Waals surface area contributed by atoms with Crippen LogP contribution in [0.25, 0.3) is 22.3 Å². The number of carbonyl (C=O) groups is 4. The predicted octanol–water partition coefficient (Wildman–Crippen LogP) is 5.52. The fraction of sp³-hybridized carbons (Fsp3) is 0.600. The second-order valence-electron chi connectivity index (χ2n) is 18.2. The fourth-order valence-electron chi connectivity index (χ4n) is 8.83. The van der Waals surface area contributed by atoms with Gasteiger partial charge in [-0.05, 0) is 84.3 Å². The Morgan fingerprint density at radius 1 is 1.06 bits per heavy atom. The summed E-state index contributed by atoms with van der Waals surface area (Å²) >= 11 is 1.45. The molecule has 1 aromatic carbocycles. The summed E-state index contributed by atoms with van der Waals surface area (Å²) in [6, 6.07) is 4.13. The molecule has 17 nitrogen and oxygen atoms in total. The summed E-state index contributed by atoms with van der Waals surface area (Å²) in [5.74, 6) is -1.54. The molecule has 19 heteroatoms. The number of ether oxygens (including phenoxy) is 2. The van der Waals surface area contributed by atoms with Crippen LogP contribution in [0.2, 0.25) is 0 Å². The van der Waals surface area contributed by atoms with Gasteiger partial charge in [-0.3, -0.25) is 9.59 Å². The molecule has 0 spiro atoms. The van der Waals surface area contributed by atoms with Crippen molar-refractivity contribution >= 4 is 61.2 Å². The molecule has 4 aliphatic rings. The van der Waals surface area contributed by atoms with E-state index in [-0.39, 0.29) is 44.3 Å². The number of aliphatic carboxylic acids is 1. The van der Waals surface area contributed by atoms with Crippen LogP contribution in [-0.4, -0.2) is 125 Å². The van der Waals surface area contributed by atoms with E-state index in [1.165, 1.54) is 27.6 Å². The summed E-state index contributed by atoms with van der Waals surface area (Å²) in [6.07, 6.45) is 9.12. The average molecular weight is 923 g/mol. The Morgan fingerprint density at radius 2 is 1.84 bits per heavy atom. The van der Waals surface area contributed by atoms with Gasteiger partial charge in [0.05, 0.1) is 30.1 Å². The number of hydrogen-bond donors (Lipinski definition) is 5. The van der Waals surface area contributed by atoms with Crippen LogP contribution >= 0.6 is 11.3 Å². The van der Waals surface area contributed by atoms with Gasteiger partial charge in [-0.1, -0.05) is 31.4 Å². The Hall–Kier alpha value is -5.01. The summed E-state index contributed by atoms with van der Waals surface area (Å²) in [5.41, 5.74) is 0.255. The maximum atomic E-state index is 14.9. The third-order valence-electron chi connectivity index (χ3n) is 12.9. The lowest BCUT2D eigenvalue weighted by atomic mass is 9.79. The van der Waals surface area contributed by atoms with E-state index in [2.05, 4.69) is 21.3 Å². The van der Waals surface area contributed by atoms with E-state index in [1.54, 1.807) is 39.2 Å². The number of anilines is 1. The molecule has 2 aliphatic heterocycles. The number of fused-ring (bicyclic) bond motifs is 3. The predicted molar refractivity (Wildman–Crippen MR) is 245 cm³/mol. The van der Waals surface area contributed by atoms with Gasteiger partial charge in [-0.2, -0.15) is 0 Å². The Morgan fingerprint density at radius 3 is 2.53 bits per heavy atom. The number of rotatable bonds is 14. The number of pyridine rings is 1. The molecule has 348 valence electrons. The largest absolute Gasteiger partial charge is 0.497 e. The molecular formula is C45H62N8O9S2. The van der Waals surface area contributed by atoms with Crippen LogP contribution in [0.1, 0.15) is 91.9 Å². The second-order valence-corrected chi connectivity index (χ2v) is 21.6. The molecule has 3 fully saturated rings. The monoisotopic (exact) mass is 922 g/mol. The molecule has 6 atom stereocenters. The minimum atomic E-state index is -3.59. The number of urea groups is 1. The van der Waals surface area contributed by atoms with Crippen LogP contribution in [0.3, 0.4) is 0 Å². The lowest BCUT2D eigenvalue weighted by Crippen LogP contribution is -2.59. The molecule has 7 rings (SSSR count). The van der Waals surface area contributed by atoms with Gasteiger partial charge in [0.1, 0.15) is 40.9 Å². The minimum Gasteiger partial charge on any atom is -0.497 e. The third-order valence-corrected chi connectivity index (χ3v) is 15.9. The van der Waals surface area contributed by atoms with Crippen molar-refractivity contribution in [1.29, 1.82) is 0 Å². The summed E-state index contributed by atoms with van der Waals surface area (Å²) in [5, 5.41) is 25.1. The molecule has 0 bridgehead atoms. The fourth-order valence-corrected chi connectivity index (χ4v) is 10.8. The van der Waals surface area contributed by atoms with E-state index >= 15 is 0 Å². The maximum Gasteiger partial charge on any atom is 0.330 e. The van der Waals surface area contributed by atoms with Crippen molar-refractivity contribution < 1.29 is 42.2 Å². The van der Waals surface area contributed by atoms with Crippen molar-refractivity contribution in [3.63, 3.8) is 0 Å². The number of carboxylic acids is 1. The molecule has 64 heavy (non-hydrogen) atoms. The zero-order valence-electron chi connectivity index (χ0n) is 37.5. The Balaban J connectivity index is 1.18. The lowest BCUT2D eigenvalue weighted by molar-refractivity contribution is -0.145. The molecular weight excluding hydrogens is 861 g/mol. The van der Waals surface area contributed by atoms with Crippen LogP contribution in [0.15, 0.2) is 41.8 Å². The summed E-state index contributed by atoms with van der Waals surface area (Å²) in [6.45, 7) is 7.34.